The first kappa shape index (κ1) is 17.5. The van der Waals surface area contributed by atoms with Crippen LogP contribution in [0.15, 0.2) is 24.3 Å². The van der Waals surface area contributed by atoms with E-state index >= 15 is 0 Å². The molecule has 2 fully saturated rings. The number of hydrogen-bond donors (Lipinski definition) is 1. The summed E-state index contributed by atoms with van der Waals surface area (Å²) in [6.07, 6.45) is 7.05. The third-order valence-electron chi connectivity index (χ3n) is 6.02. The van der Waals surface area contributed by atoms with Crippen LogP contribution in [0.2, 0.25) is 0 Å². The summed E-state index contributed by atoms with van der Waals surface area (Å²) in [4.78, 5) is 15.0. The van der Waals surface area contributed by atoms with Crippen LogP contribution in [-0.4, -0.2) is 46.8 Å². The molecule has 0 bridgehead atoms. The van der Waals surface area contributed by atoms with Gasteiger partial charge in [0, 0.05) is 30.3 Å². The van der Waals surface area contributed by atoms with Crippen molar-refractivity contribution >= 4 is 16.8 Å². The van der Waals surface area contributed by atoms with E-state index in [1.54, 1.807) is 0 Å². The third kappa shape index (κ3) is 3.93. The van der Waals surface area contributed by atoms with E-state index in [-0.39, 0.29) is 5.91 Å². The van der Waals surface area contributed by atoms with Crippen molar-refractivity contribution in [2.45, 2.75) is 52.0 Å². The Morgan fingerprint density at radius 3 is 2.73 bits per heavy atom. The highest BCUT2D eigenvalue weighted by Crippen LogP contribution is 2.46. The van der Waals surface area contributed by atoms with Crippen LogP contribution in [0.4, 0.5) is 0 Å². The maximum atomic E-state index is 12.4. The summed E-state index contributed by atoms with van der Waals surface area (Å²) in [5, 5.41) is 8.96. The van der Waals surface area contributed by atoms with E-state index in [0.717, 1.165) is 24.3 Å². The number of piperidine rings is 1. The summed E-state index contributed by atoms with van der Waals surface area (Å²) in [5.74, 6) is 0.146. The molecule has 1 aromatic carbocycles. The number of nitrogens with one attached hydrogen (secondary N) is 1. The third-order valence-corrected chi connectivity index (χ3v) is 6.02. The molecule has 1 amide bonds. The van der Waals surface area contributed by atoms with Crippen molar-refractivity contribution in [1.82, 2.24) is 20.0 Å². The maximum Gasteiger partial charge on any atom is 0.221 e. The van der Waals surface area contributed by atoms with E-state index in [2.05, 4.69) is 27.4 Å². The molecule has 1 aliphatic heterocycles. The number of carbonyl (C=O) groups excluding carboxylic acids is 1. The van der Waals surface area contributed by atoms with Gasteiger partial charge in [0.15, 0.2) is 0 Å². The molecule has 1 N–H and O–H groups in total. The lowest BCUT2D eigenvalue weighted by molar-refractivity contribution is -0.121. The van der Waals surface area contributed by atoms with Crippen molar-refractivity contribution in [3.63, 3.8) is 0 Å². The highest BCUT2D eigenvalue weighted by atomic mass is 16.1. The van der Waals surface area contributed by atoms with Gasteiger partial charge in [-0.15, -0.1) is 0 Å². The van der Waals surface area contributed by atoms with Crippen LogP contribution in [0.3, 0.4) is 0 Å². The van der Waals surface area contributed by atoms with E-state index in [9.17, 15) is 4.79 Å². The number of nitrogens with zero attached hydrogens (tertiary/aromatic N) is 3. The standard InChI is InChI=1S/C21H30N4O/c1-17-18-7-3-4-8-19(18)25(23-17)14-9-20(26)22-15-21(10-11-21)16-24-12-5-2-6-13-24/h3-4,7-8H,2,5-6,9-16H2,1H3,(H,22,26). The van der Waals surface area contributed by atoms with Crippen molar-refractivity contribution in [2.75, 3.05) is 26.2 Å². The molecule has 140 valence electrons. The Morgan fingerprint density at radius 2 is 1.96 bits per heavy atom. The smallest absolute Gasteiger partial charge is 0.221 e. The van der Waals surface area contributed by atoms with Gasteiger partial charge in [-0.2, -0.15) is 5.10 Å². The quantitative estimate of drug-likeness (QED) is 0.831. The number of aryl methyl sites for hydroxylation is 2. The Morgan fingerprint density at radius 1 is 1.19 bits per heavy atom. The van der Waals surface area contributed by atoms with Gasteiger partial charge in [0.05, 0.1) is 17.8 Å². The minimum absolute atomic E-state index is 0.146. The molecule has 0 radical (unpaired) electrons. The molecule has 2 aromatic rings. The molecular formula is C21H30N4O. The second-order valence-electron chi connectivity index (χ2n) is 8.19. The highest BCUT2D eigenvalue weighted by molar-refractivity contribution is 5.82. The monoisotopic (exact) mass is 354 g/mol. The Kier molecular flexibility index (Phi) is 4.98. The Bertz CT molecular complexity index is 771. The fourth-order valence-corrected chi connectivity index (χ4v) is 4.21. The fraction of sp³-hybridized carbons (Fsp3) is 0.619. The molecule has 0 spiro atoms. The van der Waals surface area contributed by atoms with Crippen LogP contribution in [0, 0.1) is 12.3 Å². The molecule has 4 rings (SSSR count). The average molecular weight is 354 g/mol. The normalized spacial score (nSPS) is 19.6. The molecule has 2 heterocycles. The van der Waals surface area contributed by atoms with Gasteiger partial charge in [0.25, 0.3) is 0 Å². The number of carbonyl (C=O) groups is 1. The summed E-state index contributed by atoms with van der Waals surface area (Å²) in [5.41, 5.74) is 2.49. The van der Waals surface area contributed by atoms with Crippen LogP contribution in [0.5, 0.6) is 0 Å². The van der Waals surface area contributed by atoms with Crippen LogP contribution < -0.4 is 5.32 Å². The SMILES string of the molecule is Cc1nn(CCC(=O)NCC2(CN3CCCCC3)CC2)c2ccccc12. The van der Waals surface area contributed by atoms with Crippen molar-refractivity contribution in [3.8, 4) is 0 Å². The summed E-state index contributed by atoms with van der Waals surface area (Å²) < 4.78 is 1.96. The second kappa shape index (κ2) is 7.39. The van der Waals surface area contributed by atoms with Crippen molar-refractivity contribution in [2.24, 2.45) is 5.41 Å². The lowest BCUT2D eigenvalue weighted by Gasteiger charge is -2.30. The largest absolute Gasteiger partial charge is 0.355 e. The number of benzene rings is 1. The second-order valence-corrected chi connectivity index (χ2v) is 8.19. The first-order chi connectivity index (χ1) is 12.7. The lowest BCUT2D eigenvalue weighted by atomic mass is 10.0. The molecule has 5 nitrogen and oxygen atoms in total. The van der Waals surface area contributed by atoms with Crippen molar-refractivity contribution < 1.29 is 4.79 Å². The van der Waals surface area contributed by atoms with Crippen LogP contribution in [0.1, 0.15) is 44.2 Å². The van der Waals surface area contributed by atoms with Gasteiger partial charge in [-0.3, -0.25) is 9.48 Å². The molecular weight excluding hydrogens is 324 g/mol. The molecule has 1 saturated heterocycles. The Hall–Kier alpha value is -1.88. The minimum Gasteiger partial charge on any atom is -0.355 e. The summed E-state index contributed by atoms with van der Waals surface area (Å²) >= 11 is 0. The van der Waals surface area contributed by atoms with Gasteiger partial charge in [0.1, 0.15) is 0 Å². The van der Waals surface area contributed by atoms with Gasteiger partial charge < -0.3 is 10.2 Å². The molecule has 1 aromatic heterocycles. The lowest BCUT2D eigenvalue weighted by Crippen LogP contribution is -2.40. The van der Waals surface area contributed by atoms with E-state index in [1.807, 2.05) is 23.7 Å². The zero-order valence-corrected chi connectivity index (χ0v) is 15.8. The summed E-state index contributed by atoms with van der Waals surface area (Å²) in [6, 6.07) is 8.22. The highest BCUT2D eigenvalue weighted by Gasteiger charge is 2.43. The van der Waals surface area contributed by atoms with Gasteiger partial charge >= 0.3 is 0 Å². The van der Waals surface area contributed by atoms with E-state index in [1.165, 1.54) is 50.6 Å². The topological polar surface area (TPSA) is 50.2 Å². The van der Waals surface area contributed by atoms with Crippen molar-refractivity contribution in [1.29, 1.82) is 0 Å². The number of fused-ring (bicyclic) bond motifs is 1. The molecule has 0 atom stereocenters. The molecule has 0 unspecified atom stereocenters. The van der Waals surface area contributed by atoms with Gasteiger partial charge in [0.2, 0.25) is 5.91 Å². The number of rotatable bonds is 7. The van der Waals surface area contributed by atoms with Gasteiger partial charge in [-0.25, -0.2) is 0 Å². The molecule has 26 heavy (non-hydrogen) atoms. The fourth-order valence-electron chi connectivity index (χ4n) is 4.21. The molecule has 1 aliphatic carbocycles. The number of amides is 1. The first-order valence-corrected chi connectivity index (χ1v) is 10.1. The maximum absolute atomic E-state index is 12.4. The van der Waals surface area contributed by atoms with E-state index in [0.29, 0.717) is 18.4 Å². The molecule has 5 heteroatoms. The predicted octanol–water partition coefficient (Wildman–Crippen LogP) is 3.12. The van der Waals surface area contributed by atoms with Crippen LogP contribution in [-0.2, 0) is 11.3 Å². The number of para-hydroxylation sites is 1. The van der Waals surface area contributed by atoms with E-state index < -0.39 is 0 Å². The van der Waals surface area contributed by atoms with Gasteiger partial charge in [-0.1, -0.05) is 24.6 Å². The van der Waals surface area contributed by atoms with Gasteiger partial charge in [-0.05, 0) is 51.8 Å². The predicted molar refractivity (Wildman–Crippen MR) is 104 cm³/mol. The average Bonchev–Trinajstić information content (AvgIpc) is 3.36. The summed E-state index contributed by atoms with van der Waals surface area (Å²) in [6.45, 7) is 7.13. The van der Waals surface area contributed by atoms with Crippen molar-refractivity contribution in [3.05, 3.63) is 30.0 Å². The Balaban J connectivity index is 1.26. The summed E-state index contributed by atoms with van der Waals surface area (Å²) in [7, 11) is 0. The van der Waals surface area contributed by atoms with Crippen LogP contribution >= 0.6 is 0 Å². The zero-order valence-electron chi connectivity index (χ0n) is 15.8. The molecule has 1 saturated carbocycles. The number of aromatic nitrogens is 2. The molecule has 2 aliphatic rings. The number of hydrogen-bond acceptors (Lipinski definition) is 3. The Labute approximate surface area is 155 Å². The number of likely N-dealkylation sites (tertiary alicyclic amines) is 1. The van der Waals surface area contributed by atoms with E-state index in [4.69, 9.17) is 0 Å². The van der Waals surface area contributed by atoms with Crippen LogP contribution in [0.25, 0.3) is 10.9 Å². The first-order valence-electron chi connectivity index (χ1n) is 10.1. The zero-order chi connectivity index (χ0) is 18.0. The minimum atomic E-state index is 0.146.